The fourth-order valence-electron chi connectivity index (χ4n) is 3.72. The second kappa shape index (κ2) is 8.70. The van der Waals surface area contributed by atoms with Crippen LogP contribution in [0.3, 0.4) is 0 Å². The summed E-state index contributed by atoms with van der Waals surface area (Å²) in [5.41, 5.74) is 1.18. The van der Waals surface area contributed by atoms with Crippen LogP contribution >= 0.6 is 39.1 Å². The Balaban J connectivity index is 2.00. The molecular formula is C24H15BrCl2FNO3. The minimum Gasteiger partial charge on any atom is -0.507 e. The highest BCUT2D eigenvalue weighted by Gasteiger charge is 2.48. The summed E-state index contributed by atoms with van der Waals surface area (Å²) in [4.78, 5) is 27.3. The summed E-state index contributed by atoms with van der Waals surface area (Å²) < 4.78 is 15.7. The summed E-state index contributed by atoms with van der Waals surface area (Å²) >= 11 is 15.6. The molecule has 1 N–H and O–H groups in total. The summed E-state index contributed by atoms with van der Waals surface area (Å²) in [5.74, 6) is -2.89. The van der Waals surface area contributed by atoms with Crippen molar-refractivity contribution in [2.24, 2.45) is 0 Å². The number of aryl methyl sites for hydroxylation is 1. The predicted octanol–water partition coefficient (Wildman–Crippen LogP) is 6.83. The van der Waals surface area contributed by atoms with E-state index in [1.165, 1.54) is 36.4 Å². The van der Waals surface area contributed by atoms with Crippen LogP contribution in [-0.4, -0.2) is 16.8 Å². The third-order valence-electron chi connectivity index (χ3n) is 5.20. The van der Waals surface area contributed by atoms with Crippen molar-refractivity contribution in [1.29, 1.82) is 0 Å². The molecule has 1 aliphatic rings. The van der Waals surface area contributed by atoms with E-state index < -0.39 is 29.3 Å². The molecule has 1 fully saturated rings. The largest absolute Gasteiger partial charge is 0.507 e. The van der Waals surface area contributed by atoms with Crippen LogP contribution in [0.4, 0.5) is 10.1 Å². The minimum absolute atomic E-state index is 0.0539. The molecule has 4 rings (SSSR count). The fourth-order valence-corrected chi connectivity index (χ4v) is 4.48. The zero-order chi connectivity index (χ0) is 23.2. The van der Waals surface area contributed by atoms with Gasteiger partial charge in [0.05, 0.1) is 11.6 Å². The van der Waals surface area contributed by atoms with Crippen LogP contribution in [-0.2, 0) is 9.59 Å². The summed E-state index contributed by atoms with van der Waals surface area (Å²) in [7, 11) is 0. The topological polar surface area (TPSA) is 57.6 Å². The Morgan fingerprint density at radius 1 is 1.03 bits per heavy atom. The minimum atomic E-state index is -1.21. The SMILES string of the molecule is Cc1cc(/C(O)=C2\C(=O)C(=O)N(c3cc(Cl)cc(Cl)c3)C2c2ccccc2F)ccc1Br. The number of ketones is 1. The third-order valence-corrected chi connectivity index (χ3v) is 6.53. The number of hydrogen-bond acceptors (Lipinski definition) is 3. The molecule has 3 aromatic carbocycles. The molecule has 0 spiro atoms. The molecule has 4 nitrogen and oxygen atoms in total. The number of nitrogens with zero attached hydrogens (tertiary/aromatic N) is 1. The van der Waals surface area contributed by atoms with Crippen LogP contribution in [0.2, 0.25) is 10.0 Å². The first-order valence-corrected chi connectivity index (χ1v) is 11.0. The average molecular weight is 535 g/mol. The summed E-state index contributed by atoms with van der Waals surface area (Å²) in [6.45, 7) is 1.82. The van der Waals surface area contributed by atoms with Crippen molar-refractivity contribution in [3.05, 3.63) is 103 Å². The predicted molar refractivity (Wildman–Crippen MR) is 127 cm³/mol. The molecule has 32 heavy (non-hydrogen) atoms. The first-order valence-electron chi connectivity index (χ1n) is 9.47. The van der Waals surface area contributed by atoms with Gasteiger partial charge in [-0.3, -0.25) is 14.5 Å². The normalized spacial score (nSPS) is 17.8. The standard InChI is InChI=1S/C24H15BrCl2FNO3/c1-12-8-13(6-7-18(12)25)22(30)20-21(17-4-2-3-5-19(17)28)29(24(32)23(20)31)16-10-14(26)9-15(27)11-16/h2-11,21,30H,1H3/b22-20+. The van der Waals surface area contributed by atoms with E-state index in [0.717, 1.165) is 14.9 Å². The molecule has 1 unspecified atom stereocenters. The van der Waals surface area contributed by atoms with Crippen LogP contribution in [0.1, 0.15) is 22.7 Å². The molecule has 0 radical (unpaired) electrons. The van der Waals surface area contributed by atoms with Crippen molar-refractivity contribution in [2.45, 2.75) is 13.0 Å². The first-order chi connectivity index (χ1) is 15.2. The zero-order valence-electron chi connectivity index (χ0n) is 16.6. The highest BCUT2D eigenvalue weighted by Crippen LogP contribution is 2.44. The van der Waals surface area contributed by atoms with Crippen molar-refractivity contribution in [3.8, 4) is 0 Å². The van der Waals surface area contributed by atoms with Gasteiger partial charge in [0.25, 0.3) is 11.7 Å². The van der Waals surface area contributed by atoms with E-state index in [4.69, 9.17) is 23.2 Å². The molecule has 1 amide bonds. The van der Waals surface area contributed by atoms with Crippen molar-refractivity contribution in [2.75, 3.05) is 4.90 Å². The molecule has 8 heteroatoms. The molecule has 1 heterocycles. The maximum atomic E-state index is 14.9. The number of carbonyl (C=O) groups excluding carboxylic acids is 2. The van der Waals surface area contributed by atoms with Crippen molar-refractivity contribution >= 4 is 62.3 Å². The lowest BCUT2D eigenvalue weighted by Crippen LogP contribution is -2.29. The number of aliphatic hydroxyl groups is 1. The maximum Gasteiger partial charge on any atom is 0.300 e. The Labute approximate surface area is 202 Å². The number of Topliss-reactive ketones (excluding diaryl/α,β-unsaturated/α-hetero) is 1. The van der Waals surface area contributed by atoms with Crippen LogP contribution in [0.5, 0.6) is 0 Å². The molecular weight excluding hydrogens is 520 g/mol. The third kappa shape index (κ3) is 3.94. The van der Waals surface area contributed by atoms with Crippen molar-refractivity contribution in [1.82, 2.24) is 0 Å². The maximum absolute atomic E-state index is 14.9. The molecule has 1 aliphatic heterocycles. The number of aliphatic hydroxyl groups excluding tert-OH is 1. The van der Waals surface area contributed by atoms with Gasteiger partial charge in [0.2, 0.25) is 0 Å². The summed E-state index contributed by atoms with van der Waals surface area (Å²) in [6, 6.07) is 13.9. The van der Waals surface area contributed by atoms with E-state index in [1.807, 2.05) is 6.92 Å². The Morgan fingerprint density at radius 2 is 1.69 bits per heavy atom. The van der Waals surface area contributed by atoms with Crippen LogP contribution in [0, 0.1) is 12.7 Å². The van der Waals surface area contributed by atoms with E-state index in [0.29, 0.717) is 5.56 Å². The fraction of sp³-hybridized carbons (Fsp3) is 0.0833. The lowest BCUT2D eigenvalue weighted by atomic mass is 9.94. The average Bonchev–Trinajstić information content (AvgIpc) is 3.00. The summed E-state index contributed by atoms with van der Waals surface area (Å²) in [5, 5.41) is 11.6. The molecule has 1 saturated heterocycles. The highest BCUT2D eigenvalue weighted by atomic mass is 79.9. The molecule has 162 valence electrons. The summed E-state index contributed by atoms with van der Waals surface area (Å²) in [6.07, 6.45) is 0. The van der Waals surface area contributed by atoms with Crippen LogP contribution in [0.15, 0.2) is 70.7 Å². The monoisotopic (exact) mass is 533 g/mol. The Hall–Kier alpha value is -2.67. The second-order valence-electron chi connectivity index (χ2n) is 7.28. The van der Waals surface area contributed by atoms with Gasteiger partial charge in [0, 0.05) is 31.3 Å². The number of anilines is 1. The number of halogens is 4. The van der Waals surface area contributed by atoms with Gasteiger partial charge in [-0.25, -0.2) is 4.39 Å². The Bertz CT molecular complexity index is 1290. The van der Waals surface area contributed by atoms with Crippen molar-refractivity contribution < 1.29 is 19.1 Å². The highest BCUT2D eigenvalue weighted by molar-refractivity contribution is 9.10. The van der Waals surface area contributed by atoms with Gasteiger partial charge < -0.3 is 5.11 Å². The van der Waals surface area contributed by atoms with E-state index in [-0.39, 0.29) is 26.9 Å². The first kappa shape index (κ1) is 22.5. The number of hydrogen-bond donors (Lipinski definition) is 1. The van der Waals surface area contributed by atoms with Crippen LogP contribution < -0.4 is 4.90 Å². The van der Waals surface area contributed by atoms with E-state index in [1.54, 1.807) is 24.3 Å². The molecule has 3 aromatic rings. The lowest BCUT2D eigenvalue weighted by molar-refractivity contribution is -0.132. The Kier molecular flexibility index (Phi) is 6.12. The number of carbonyl (C=O) groups is 2. The molecule has 0 bridgehead atoms. The Morgan fingerprint density at radius 3 is 2.31 bits per heavy atom. The van der Waals surface area contributed by atoms with Crippen LogP contribution in [0.25, 0.3) is 5.76 Å². The molecule has 0 saturated carbocycles. The molecule has 1 atom stereocenters. The number of rotatable bonds is 3. The van der Waals surface area contributed by atoms with Gasteiger partial charge in [-0.05, 0) is 48.9 Å². The second-order valence-corrected chi connectivity index (χ2v) is 9.01. The van der Waals surface area contributed by atoms with Gasteiger partial charge >= 0.3 is 0 Å². The van der Waals surface area contributed by atoms with E-state index in [9.17, 15) is 19.1 Å². The van der Waals surface area contributed by atoms with Gasteiger partial charge in [0.15, 0.2) is 0 Å². The zero-order valence-corrected chi connectivity index (χ0v) is 19.7. The number of amides is 1. The number of benzene rings is 3. The quantitative estimate of drug-likeness (QED) is 0.227. The van der Waals surface area contributed by atoms with Gasteiger partial charge in [-0.1, -0.05) is 63.4 Å². The van der Waals surface area contributed by atoms with E-state index in [2.05, 4.69) is 15.9 Å². The smallest absolute Gasteiger partial charge is 0.300 e. The van der Waals surface area contributed by atoms with Gasteiger partial charge in [-0.15, -0.1) is 0 Å². The van der Waals surface area contributed by atoms with Gasteiger partial charge in [-0.2, -0.15) is 0 Å². The lowest BCUT2D eigenvalue weighted by Gasteiger charge is -2.26. The van der Waals surface area contributed by atoms with E-state index >= 15 is 0 Å². The molecule has 0 aromatic heterocycles. The van der Waals surface area contributed by atoms with Gasteiger partial charge in [0.1, 0.15) is 11.6 Å². The van der Waals surface area contributed by atoms with Crippen molar-refractivity contribution in [3.63, 3.8) is 0 Å². The molecule has 0 aliphatic carbocycles.